The molecule has 2 heterocycles. The lowest BCUT2D eigenvalue weighted by Crippen LogP contribution is -2.50. The van der Waals surface area contributed by atoms with Gasteiger partial charge in [-0.2, -0.15) is 0 Å². The zero-order valence-corrected chi connectivity index (χ0v) is 13.6. The second kappa shape index (κ2) is 7.55. The van der Waals surface area contributed by atoms with Crippen LogP contribution in [0.25, 0.3) is 0 Å². The number of amides is 1. The van der Waals surface area contributed by atoms with Crippen molar-refractivity contribution in [3.8, 4) is 0 Å². The molecule has 0 spiro atoms. The summed E-state index contributed by atoms with van der Waals surface area (Å²) >= 11 is 0. The van der Waals surface area contributed by atoms with Crippen LogP contribution < -0.4 is 5.73 Å². The van der Waals surface area contributed by atoms with Crippen molar-refractivity contribution in [2.45, 2.75) is 31.8 Å². The van der Waals surface area contributed by atoms with Gasteiger partial charge in [0.25, 0.3) is 0 Å². The molecule has 1 amide bonds. The van der Waals surface area contributed by atoms with E-state index in [0.717, 1.165) is 25.0 Å². The molecule has 0 radical (unpaired) electrons. The third-order valence-electron chi connectivity index (χ3n) is 4.67. The van der Waals surface area contributed by atoms with Crippen molar-refractivity contribution < 1.29 is 18.3 Å². The summed E-state index contributed by atoms with van der Waals surface area (Å²) in [7, 11) is 0. The number of nitrogens with zero attached hydrogens (tertiary/aromatic N) is 1. The maximum atomic E-state index is 13.9. The Morgan fingerprint density at radius 2 is 1.83 bits per heavy atom. The lowest BCUT2D eigenvalue weighted by molar-refractivity contribution is -0.135. The van der Waals surface area contributed by atoms with Crippen LogP contribution in [0.15, 0.2) is 12.1 Å². The third kappa shape index (κ3) is 3.65. The summed E-state index contributed by atoms with van der Waals surface area (Å²) in [6.45, 7) is 1.71. The van der Waals surface area contributed by atoms with Crippen LogP contribution in [0.2, 0.25) is 0 Å². The molecule has 1 saturated heterocycles. The van der Waals surface area contributed by atoms with E-state index >= 15 is 0 Å². The van der Waals surface area contributed by atoms with E-state index < -0.39 is 17.7 Å². The van der Waals surface area contributed by atoms with Gasteiger partial charge in [-0.05, 0) is 42.9 Å². The van der Waals surface area contributed by atoms with Gasteiger partial charge in [0, 0.05) is 31.9 Å². The molecule has 2 N–H and O–H groups in total. The Hall–Kier alpha value is -1.24. The number of nitrogens with two attached hydrogens (primary N) is 1. The van der Waals surface area contributed by atoms with E-state index in [1.165, 1.54) is 0 Å². The standard InChI is InChI=1S/C16H20F2N2O2.ClH/c17-13-1-2-14(18)12-9-20(6-3-11(12)13)16(21)15(19)10-4-7-22-8-5-10;/h1-2,10,15H,3-9,19H2;1H. The van der Waals surface area contributed by atoms with Crippen molar-refractivity contribution in [2.24, 2.45) is 11.7 Å². The van der Waals surface area contributed by atoms with E-state index in [2.05, 4.69) is 0 Å². The van der Waals surface area contributed by atoms with Crippen LogP contribution in [-0.4, -0.2) is 36.6 Å². The molecule has 1 fully saturated rings. The average Bonchev–Trinajstić information content (AvgIpc) is 2.57. The van der Waals surface area contributed by atoms with Crippen LogP contribution in [-0.2, 0) is 22.5 Å². The Morgan fingerprint density at radius 1 is 1.22 bits per heavy atom. The number of rotatable bonds is 2. The lowest BCUT2D eigenvalue weighted by atomic mass is 9.90. The molecule has 0 saturated carbocycles. The number of carbonyl (C=O) groups excluding carboxylic acids is 1. The number of carbonyl (C=O) groups is 1. The zero-order valence-electron chi connectivity index (χ0n) is 12.8. The van der Waals surface area contributed by atoms with E-state index in [1.54, 1.807) is 4.90 Å². The van der Waals surface area contributed by atoms with Gasteiger partial charge >= 0.3 is 0 Å². The third-order valence-corrected chi connectivity index (χ3v) is 4.67. The molecular weight excluding hydrogens is 326 g/mol. The Kier molecular flexibility index (Phi) is 5.95. The molecule has 7 heteroatoms. The molecule has 1 aromatic rings. The monoisotopic (exact) mass is 346 g/mol. The van der Waals surface area contributed by atoms with Gasteiger partial charge in [-0.15, -0.1) is 12.4 Å². The molecule has 1 atom stereocenters. The molecule has 128 valence electrons. The number of benzene rings is 1. The Labute approximate surface area is 140 Å². The van der Waals surface area contributed by atoms with Crippen LogP contribution in [0.5, 0.6) is 0 Å². The van der Waals surface area contributed by atoms with Gasteiger partial charge in [-0.25, -0.2) is 8.78 Å². The van der Waals surface area contributed by atoms with E-state index in [4.69, 9.17) is 10.5 Å². The van der Waals surface area contributed by atoms with Crippen LogP contribution in [0, 0.1) is 17.6 Å². The molecule has 23 heavy (non-hydrogen) atoms. The first-order valence-electron chi connectivity index (χ1n) is 7.66. The first kappa shape index (κ1) is 18.1. The summed E-state index contributed by atoms with van der Waals surface area (Å²) < 4.78 is 32.9. The molecule has 0 bridgehead atoms. The Morgan fingerprint density at radius 3 is 2.48 bits per heavy atom. The fraction of sp³-hybridized carbons (Fsp3) is 0.562. The number of ether oxygens (including phenoxy) is 1. The van der Waals surface area contributed by atoms with E-state index in [9.17, 15) is 13.6 Å². The SMILES string of the molecule is Cl.NC(C(=O)N1CCc2c(F)ccc(F)c2C1)C1CCOCC1. The number of hydrogen-bond acceptors (Lipinski definition) is 3. The highest BCUT2D eigenvalue weighted by Crippen LogP contribution is 2.26. The second-order valence-electron chi connectivity index (χ2n) is 5.97. The normalized spacial score (nSPS) is 19.7. The van der Waals surface area contributed by atoms with Crippen LogP contribution in [0.1, 0.15) is 24.0 Å². The fourth-order valence-electron chi connectivity index (χ4n) is 3.27. The van der Waals surface area contributed by atoms with Crippen LogP contribution in [0.3, 0.4) is 0 Å². The predicted molar refractivity (Wildman–Crippen MR) is 84.2 cm³/mol. The first-order chi connectivity index (χ1) is 10.6. The summed E-state index contributed by atoms with van der Waals surface area (Å²) in [4.78, 5) is 14.1. The van der Waals surface area contributed by atoms with Crippen molar-refractivity contribution in [3.63, 3.8) is 0 Å². The Bertz CT molecular complexity index is 579. The van der Waals surface area contributed by atoms with Gasteiger partial charge < -0.3 is 15.4 Å². The summed E-state index contributed by atoms with van der Waals surface area (Å²) in [5.74, 6) is -0.952. The minimum Gasteiger partial charge on any atom is -0.381 e. The number of halogens is 3. The zero-order chi connectivity index (χ0) is 15.7. The highest BCUT2D eigenvalue weighted by atomic mass is 35.5. The van der Waals surface area contributed by atoms with Crippen molar-refractivity contribution >= 4 is 18.3 Å². The molecule has 2 aliphatic rings. The molecule has 1 unspecified atom stereocenters. The quantitative estimate of drug-likeness (QED) is 0.891. The highest BCUT2D eigenvalue weighted by Gasteiger charge is 2.32. The van der Waals surface area contributed by atoms with Gasteiger partial charge in [-0.3, -0.25) is 4.79 Å². The van der Waals surface area contributed by atoms with E-state index in [1.807, 2.05) is 0 Å². The first-order valence-corrected chi connectivity index (χ1v) is 7.66. The number of fused-ring (bicyclic) bond motifs is 1. The summed E-state index contributed by atoms with van der Waals surface area (Å²) in [5, 5.41) is 0. The van der Waals surface area contributed by atoms with Crippen molar-refractivity contribution in [1.82, 2.24) is 4.90 Å². The molecule has 0 aliphatic carbocycles. The lowest BCUT2D eigenvalue weighted by Gasteiger charge is -2.34. The summed E-state index contributed by atoms with van der Waals surface area (Å²) in [6.07, 6.45) is 1.85. The van der Waals surface area contributed by atoms with Gasteiger partial charge in [0.2, 0.25) is 5.91 Å². The maximum Gasteiger partial charge on any atom is 0.240 e. The fourth-order valence-corrected chi connectivity index (χ4v) is 3.27. The average molecular weight is 347 g/mol. The number of hydrogen-bond donors (Lipinski definition) is 1. The van der Waals surface area contributed by atoms with E-state index in [0.29, 0.717) is 31.7 Å². The smallest absolute Gasteiger partial charge is 0.240 e. The summed E-state index contributed by atoms with van der Waals surface area (Å²) in [5.41, 5.74) is 6.75. The molecular formula is C16H21ClF2N2O2. The maximum absolute atomic E-state index is 13.9. The minimum atomic E-state index is -0.595. The van der Waals surface area contributed by atoms with Crippen LogP contribution in [0.4, 0.5) is 8.78 Å². The van der Waals surface area contributed by atoms with Gasteiger partial charge in [-0.1, -0.05) is 0 Å². The molecule has 3 rings (SSSR count). The summed E-state index contributed by atoms with van der Waals surface area (Å²) in [6, 6.07) is 1.65. The molecule has 0 aromatic heterocycles. The largest absolute Gasteiger partial charge is 0.381 e. The van der Waals surface area contributed by atoms with E-state index in [-0.39, 0.29) is 36.3 Å². The van der Waals surface area contributed by atoms with Gasteiger partial charge in [0.1, 0.15) is 11.6 Å². The molecule has 4 nitrogen and oxygen atoms in total. The molecule has 2 aliphatic heterocycles. The minimum absolute atomic E-state index is 0. The highest BCUT2D eigenvalue weighted by molar-refractivity contribution is 5.85. The molecule has 1 aromatic carbocycles. The van der Waals surface area contributed by atoms with Crippen molar-refractivity contribution in [3.05, 3.63) is 34.9 Å². The van der Waals surface area contributed by atoms with Gasteiger partial charge in [0.05, 0.1) is 6.04 Å². The predicted octanol–water partition coefficient (Wildman–Crippen LogP) is 2.03. The Balaban J connectivity index is 0.00000192. The van der Waals surface area contributed by atoms with Gasteiger partial charge in [0.15, 0.2) is 0 Å². The topological polar surface area (TPSA) is 55.6 Å². The van der Waals surface area contributed by atoms with Crippen LogP contribution >= 0.6 is 12.4 Å². The second-order valence-corrected chi connectivity index (χ2v) is 5.97. The van der Waals surface area contributed by atoms with Crippen molar-refractivity contribution in [1.29, 1.82) is 0 Å². The van der Waals surface area contributed by atoms with Crippen molar-refractivity contribution in [2.75, 3.05) is 19.8 Å².